The van der Waals surface area contributed by atoms with Crippen molar-refractivity contribution in [3.63, 3.8) is 0 Å². The van der Waals surface area contributed by atoms with E-state index in [0.29, 0.717) is 31.8 Å². The van der Waals surface area contributed by atoms with Crippen molar-refractivity contribution in [2.75, 3.05) is 39.5 Å². The molecule has 0 radical (unpaired) electrons. The lowest BCUT2D eigenvalue weighted by molar-refractivity contribution is 0.0199. The molecule has 1 atom stereocenters. The second kappa shape index (κ2) is 7.70. The number of nitrogens with two attached hydrogens (primary N) is 1. The fourth-order valence-electron chi connectivity index (χ4n) is 2.55. The summed E-state index contributed by atoms with van der Waals surface area (Å²) >= 11 is 0. The largest absolute Gasteiger partial charge is 0.377 e. The maximum absolute atomic E-state index is 5.99. The minimum Gasteiger partial charge on any atom is -0.377 e. The molecule has 0 aromatic heterocycles. The molecule has 2 rings (SSSR count). The van der Waals surface area contributed by atoms with Crippen LogP contribution < -0.4 is 5.73 Å². The van der Waals surface area contributed by atoms with E-state index in [2.05, 4.69) is 16.8 Å². The van der Waals surface area contributed by atoms with Crippen molar-refractivity contribution in [3.8, 4) is 0 Å². The molecule has 2 saturated heterocycles. The molecule has 0 amide bonds. The van der Waals surface area contributed by atoms with Gasteiger partial charge < -0.3 is 20.1 Å². The highest BCUT2D eigenvalue weighted by molar-refractivity contribution is 5.78. The lowest BCUT2D eigenvalue weighted by atomic mass is 10.00. The Balaban J connectivity index is 1.56. The Morgan fingerprint density at radius 2 is 2.16 bits per heavy atom. The summed E-state index contributed by atoms with van der Waals surface area (Å²) in [5, 5.41) is 0. The van der Waals surface area contributed by atoms with Crippen LogP contribution in [-0.4, -0.2) is 56.4 Å². The van der Waals surface area contributed by atoms with Gasteiger partial charge in [0.05, 0.1) is 25.9 Å². The Kier molecular flexibility index (Phi) is 5.92. The van der Waals surface area contributed by atoms with Crippen LogP contribution in [0.25, 0.3) is 0 Å². The van der Waals surface area contributed by atoms with Crippen LogP contribution in [0.15, 0.2) is 4.99 Å². The van der Waals surface area contributed by atoms with Gasteiger partial charge in [-0.1, -0.05) is 6.92 Å². The molecule has 19 heavy (non-hydrogen) atoms. The number of ether oxygens (including phenoxy) is 2. The van der Waals surface area contributed by atoms with Gasteiger partial charge in [-0.2, -0.15) is 0 Å². The first-order chi connectivity index (χ1) is 9.25. The van der Waals surface area contributed by atoms with Gasteiger partial charge in [0.2, 0.25) is 0 Å². The average molecular weight is 269 g/mol. The molecule has 0 aromatic carbocycles. The van der Waals surface area contributed by atoms with E-state index in [1.54, 1.807) is 0 Å². The summed E-state index contributed by atoms with van der Waals surface area (Å²) in [6, 6.07) is 0. The molecule has 0 aromatic rings. The Bertz CT molecular complexity index is 282. The predicted molar refractivity (Wildman–Crippen MR) is 76.3 cm³/mol. The minimum absolute atomic E-state index is 0.296. The number of rotatable bonds is 5. The van der Waals surface area contributed by atoms with E-state index in [0.717, 1.165) is 38.5 Å². The predicted octanol–water partition coefficient (Wildman–Crippen LogP) is 1.23. The third-order valence-corrected chi connectivity index (χ3v) is 3.94. The first-order valence-electron chi connectivity index (χ1n) is 7.50. The van der Waals surface area contributed by atoms with E-state index < -0.39 is 0 Å². The number of hydrogen-bond acceptors (Lipinski definition) is 3. The van der Waals surface area contributed by atoms with E-state index in [4.69, 9.17) is 15.2 Å². The lowest BCUT2D eigenvalue weighted by Gasteiger charge is -2.31. The molecule has 5 heteroatoms. The molecule has 1 unspecified atom stereocenters. The zero-order chi connectivity index (χ0) is 13.5. The van der Waals surface area contributed by atoms with Crippen LogP contribution in [0, 0.1) is 5.92 Å². The van der Waals surface area contributed by atoms with Gasteiger partial charge in [-0.3, -0.25) is 4.99 Å². The highest BCUT2D eigenvalue weighted by Crippen LogP contribution is 2.15. The van der Waals surface area contributed by atoms with E-state index in [1.807, 2.05) is 0 Å². The van der Waals surface area contributed by atoms with Crippen LogP contribution in [0.5, 0.6) is 0 Å². The first-order valence-corrected chi connectivity index (χ1v) is 7.50. The molecule has 2 aliphatic heterocycles. The number of piperidine rings is 1. The summed E-state index contributed by atoms with van der Waals surface area (Å²) in [5.41, 5.74) is 5.99. The summed E-state index contributed by atoms with van der Waals surface area (Å²) in [5.74, 6) is 1.49. The Hall–Kier alpha value is -0.810. The fraction of sp³-hybridized carbons (Fsp3) is 0.929. The number of hydrogen-bond donors (Lipinski definition) is 1. The standard InChI is InChI=1S/C14H27N3O2/c1-12-4-7-17(8-5-12)14(15)16-6-10-18-11-13-3-2-9-19-13/h12-13H,2-11H2,1H3,(H2,15,16). The minimum atomic E-state index is 0.296. The molecule has 0 spiro atoms. The second-order valence-electron chi connectivity index (χ2n) is 5.62. The molecule has 2 N–H and O–H groups in total. The summed E-state index contributed by atoms with van der Waals surface area (Å²) in [6.45, 7) is 7.21. The van der Waals surface area contributed by atoms with Crippen molar-refractivity contribution in [1.82, 2.24) is 4.90 Å². The summed E-state index contributed by atoms with van der Waals surface area (Å²) < 4.78 is 11.1. The van der Waals surface area contributed by atoms with Crippen molar-refractivity contribution >= 4 is 5.96 Å². The molecular formula is C14H27N3O2. The maximum Gasteiger partial charge on any atom is 0.191 e. The number of nitrogens with zero attached hydrogens (tertiary/aromatic N) is 2. The molecule has 0 aliphatic carbocycles. The van der Waals surface area contributed by atoms with Crippen LogP contribution in [0.2, 0.25) is 0 Å². The number of likely N-dealkylation sites (tertiary alicyclic amines) is 1. The molecule has 110 valence electrons. The SMILES string of the molecule is CC1CCN(C(N)=NCCOCC2CCCO2)CC1. The Morgan fingerprint density at radius 1 is 1.37 bits per heavy atom. The van der Waals surface area contributed by atoms with Gasteiger partial charge in [-0.25, -0.2) is 0 Å². The molecule has 0 bridgehead atoms. The summed E-state index contributed by atoms with van der Waals surface area (Å²) in [7, 11) is 0. The number of guanidine groups is 1. The maximum atomic E-state index is 5.99. The van der Waals surface area contributed by atoms with Crippen molar-refractivity contribution in [2.24, 2.45) is 16.6 Å². The van der Waals surface area contributed by atoms with Gasteiger partial charge in [-0.05, 0) is 31.6 Å². The molecule has 2 fully saturated rings. The van der Waals surface area contributed by atoms with Crippen molar-refractivity contribution in [1.29, 1.82) is 0 Å². The average Bonchev–Trinajstić information content (AvgIpc) is 2.92. The number of aliphatic imine (C=N–C) groups is 1. The van der Waals surface area contributed by atoms with Gasteiger partial charge in [0.1, 0.15) is 0 Å². The van der Waals surface area contributed by atoms with Gasteiger partial charge in [0, 0.05) is 19.7 Å². The third kappa shape index (κ3) is 4.99. The van der Waals surface area contributed by atoms with E-state index >= 15 is 0 Å². The molecule has 2 heterocycles. The molecule has 2 aliphatic rings. The Labute approximate surface area is 116 Å². The first kappa shape index (κ1) is 14.6. The van der Waals surface area contributed by atoms with Crippen LogP contribution in [0.1, 0.15) is 32.6 Å². The molecule has 5 nitrogen and oxygen atoms in total. The monoisotopic (exact) mass is 269 g/mol. The van der Waals surface area contributed by atoms with Crippen LogP contribution in [0.4, 0.5) is 0 Å². The second-order valence-corrected chi connectivity index (χ2v) is 5.62. The summed E-state index contributed by atoms with van der Waals surface area (Å²) in [6.07, 6.45) is 5.01. The Morgan fingerprint density at radius 3 is 2.84 bits per heavy atom. The zero-order valence-corrected chi connectivity index (χ0v) is 12.0. The summed E-state index contributed by atoms with van der Waals surface area (Å²) in [4.78, 5) is 6.57. The highest BCUT2D eigenvalue weighted by atomic mass is 16.5. The van der Waals surface area contributed by atoms with Crippen molar-refractivity contribution < 1.29 is 9.47 Å². The zero-order valence-electron chi connectivity index (χ0n) is 12.0. The van der Waals surface area contributed by atoms with E-state index in [-0.39, 0.29) is 0 Å². The van der Waals surface area contributed by atoms with Crippen LogP contribution in [-0.2, 0) is 9.47 Å². The highest BCUT2D eigenvalue weighted by Gasteiger charge is 2.17. The van der Waals surface area contributed by atoms with E-state index in [1.165, 1.54) is 12.8 Å². The van der Waals surface area contributed by atoms with Gasteiger partial charge >= 0.3 is 0 Å². The van der Waals surface area contributed by atoms with Gasteiger partial charge in [0.25, 0.3) is 0 Å². The van der Waals surface area contributed by atoms with Gasteiger partial charge in [0.15, 0.2) is 5.96 Å². The molecule has 0 saturated carbocycles. The topological polar surface area (TPSA) is 60.1 Å². The van der Waals surface area contributed by atoms with E-state index in [9.17, 15) is 0 Å². The quantitative estimate of drug-likeness (QED) is 0.463. The van der Waals surface area contributed by atoms with Crippen molar-refractivity contribution in [2.45, 2.75) is 38.7 Å². The van der Waals surface area contributed by atoms with Crippen LogP contribution >= 0.6 is 0 Å². The van der Waals surface area contributed by atoms with Crippen LogP contribution in [0.3, 0.4) is 0 Å². The van der Waals surface area contributed by atoms with Crippen molar-refractivity contribution in [3.05, 3.63) is 0 Å². The molecular weight excluding hydrogens is 242 g/mol. The normalized spacial score (nSPS) is 26.1. The lowest BCUT2D eigenvalue weighted by Crippen LogP contribution is -2.42. The van der Waals surface area contributed by atoms with Gasteiger partial charge in [-0.15, -0.1) is 0 Å². The third-order valence-electron chi connectivity index (χ3n) is 3.94. The smallest absolute Gasteiger partial charge is 0.191 e. The fourth-order valence-corrected chi connectivity index (χ4v) is 2.55.